The van der Waals surface area contributed by atoms with Crippen LogP contribution in [-0.2, 0) is 24.8 Å². The van der Waals surface area contributed by atoms with Crippen LogP contribution in [0.1, 0.15) is 17.3 Å². The fourth-order valence-electron chi connectivity index (χ4n) is 3.11. The van der Waals surface area contributed by atoms with Crippen molar-refractivity contribution >= 4 is 72.0 Å². The molecular weight excluding hydrogens is 549 g/mol. The van der Waals surface area contributed by atoms with E-state index in [-0.39, 0.29) is 37.8 Å². The van der Waals surface area contributed by atoms with Crippen molar-refractivity contribution in [2.45, 2.75) is 11.8 Å². The molecule has 0 atom stereocenters. The SMILES string of the molecule is CC(=O)c1cccc(N(CC(=O)Nc2ccc(S(=O)(=O)Nc3cccc(Cl)c3Cl)cc2)S(C)(=O)=O)c1. The van der Waals surface area contributed by atoms with Gasteiger partial charge in [-0.1, -0.05) is 41.4 Å². The van der Waals surface area contributed by atoms with Crippen molar-refractivity contribution in [1.82, 2.24) is 0 Å². The molecule has 0 saturated carbocycles. The minimum absolute atomic E-state index is 0.0518. The summed E-state index contributed by atoms with van der Waals surface area (Å²) in [6.07, 6.45) is 0.944. The number of ketones is 1. The van der Waals surface area contributed by atoms with Crippen LogP contribution in [0.25, 0.3) is 0 Å². The monoisotopic (exact) mass is 569 g/mol. The van der Waals surface area contributed by atoms with E-state index < -0.39 is 32.5 Å². The van der Waals surface area contributed by atoms with Gasteiger partial charge in [-0.05, 0) is 55.5 Å². The number of sulfonamides is 2. The Bertz CT molecular complexity index is 1530. The molecule has 0 aliphatic carbocycles. The summed E-state index contributed by atoms with van der Waals surface area (Å²) in [6.45, 7) is 0.786. The Morgan fingerprint density at radius 3 is 2.17 bits per heavy atom. The Labute approximate surface area is 219 Å². The summed E-state index contributed by atoms with van der Waals surface area (Å²) in [7, 11) is -7.86. The molecule has 13 heteroatoms. The molecule has 0 aliphatic heterocycles. The highest BCUT2D eigenvalue weighted by Gasteiger charge is 2.22. The lowest BCUT2D eigenvalue weighted by atomic mass is 10.1. The lowest BCUT2D eigenvalue weighted by molar-refractivity contribution is -0.114. The molecule has 2 N–H and O–H groups in total. The molecule has 0 radical (unpaired) electrons. The zero-order valence-corrected chi connectivity index (χ0v) is 22.2. The third-order valence-electron chi connectivity index (χ3n) is 4.87. The Kier molecular flexibility index (Phi) is 8.29. The summed E-state index contributed by atoms with van der Waals surface area (Å²) in [5.74, 6) is -0.926. The fraction of sp³-hybridized carbons (Fsp3) is 0.130. The molecule has 3 aromatic carbocycles. The second kappa shape index (κ2) is 10.9. The molecule has 190 valence electrons. The average molecular weight is 570 g/mol. The number of rotatable bonds is 9. The zero-order chi connectivity index (χ0) is 26.7. The van der Waals surface area contributed by atoms with Gasteiger partial charge in [0, 0.05) is 11.3 Å². The van der Waals surface area contributed by atoms with Crippen LogP contribution in [0.15, 0.2) is 71.6 Å². The van der Waals surface area contributed by atoms with Crippen molar-refractivity contribution in [2.24, 2.45) is 0 Å². The summed E-state index contributed by atoms with van der Waals surface area (Å²) in [5.41, 5.74) is 0.806. The third kappa shape index (κ3) is 6.76. The maximum absolute atomic E-state index is 12.7. The molecule has 3 rings (SSSR count). The van der Waals surface area contributed by atoms with Gasteiger partial charge in [-0.3, -0.25) is 18.6 Å². The second-order valence-electron chi connectivity index (χ2n) is 7.66. The van der Waals surface area contributed by atoms with E-state index in [0.717, 1.165) is 10.6 Å². The first-order valence-corrected chi connectivity index (χ1v) is 14.3. The van der Waals surface area contributed by atoms with Crippen molar-refractivity contribution in [3.8, 4) is 0 Å². The molecule has 0 bridgehead atoms. The van der Waals surface area contributed by atoms with E-state index >= 15 is 0 Å². The molecule has 9 nitrogen and oxygen atoms in total. The van der Waals surface area contributed by atoms with Gasteiger partial charge in [-0.2, -0.15) is 0 Å². The van der Waals surface area contributed by atoms with Crippen LogP contribution in [0.5, 0.6) is 0 Å². The molecule has 0 aliphatic rings. The number of carbonyl (C=O) groups is 2. The number of benzene rings is 3. The molecule has 0 spiro atoms. The van der Waals surface area contributed by atoms with Crippen molar-refractivity contribution < 1.29 is 26.4 Å². The maximum Gasteiger partial charge on any atom is 0.261 e. The largest absolute Gasteiger partial charge is 0.325 e. The van der Waals surface area contributed by atoms with E-state index in [1.54, 1.807) is 6.07 Å². The number of amides is 1. The van der Waals surface area contributed by atoms with Gasteiger partial charge >= 0.3 is 0 Å². The van der Waals surface area contributed by atoms with Crippen LogP contribution in [0.2, 0.25) is 10.0 Å². The lowest BCUT2D eigenvalue weighted by Gasteiger charge is -2.22. The molecule has 0 unspecified atom stereocenters. The van der Waals surface area contributed by atoms with Gasteiger partial charge in [-0.25, -0.2) is 16.8 Å². The van der Waals surface area contributed by atoms with Gasteiger partial charge in [0.15, 0.2) is 5.78 Å². The minimum atomic E-state index is -4.00. The van der Waals surface area contributed by atoms with Gasteiger partial charge in [0.1, 0.15) is 6.54 Å². The zero-order valence-electron chi connectivity index (χ0n) is 19.0. The van der Waals surface area contributed by atoms with Gasteiger partial charge in [0.2, 0.25) is 15.9 Å². The summed E-state index contributed by atoms with van der Waals surface area (Å²) in [4.78, 5) is 24.2. The highest BCUT2D eigenvalue weighted by molar-refractivity contribution is 7.92. The van der Waals surface area contributed by atoms with Crippen LogP contribution in [0, 0.1) is 0 Å². The number of nitrogens with zero attached hydrogens (tertiary/aromatic N) is 1. The standard InChI is InChI=1S/C23H21Cl2N3O6S2/c1-15(29)16-5-3-6-18(13-16)28(35(2,31)32)14-22(30)26-17-9-11-19(12-10-17)36(33,34)27-21-8-4-7-20(24)23(21)25/h3-13,27H,14H2,1-2H3,(H,26,30). The Hall–Kier alpha value is -3.12. The molecule has 0 saturated heterocycles. The minimum Gasteiger partial charge on any atom is -0.325 e. The Balaban J connectivity index is 1.75. The van der Waals surface area contributed by atoms with E-state index in [1.807, 2.05) is 0 Å². The average Bonchev–Trinajstić information content (AvgIpc) is 2.80. The van der Waals surface area contributed by atoms with E-state index in [2.05, 4.69) is 10.0 Å². The number of halogens is 2. The Morgan fingerprint density at radius 1 is 0.917 bits per heavy atom. The van der Waals surface area contributed by atoms with Crippen molar-refractivity contribution in [3.63, 3.8) is 0 Å². The first-order chi connectivity index (χ1) is 16.8. The third-order valence-corrected chi connectivity index (χ3v) is 8.21. The first kappa shape index (κ1) is 27.5. The van der Waals surface area contributed by atoms with E-state index in [9.17, 15) is 26.4 Å². The van der Waals surface area contributed by atoms with E-state index in [0.29, 0.717) is 5.56 Å². The smallest absolute Gasteiger partial charge is 0.261 e. The van der Waals surface area contributed by atoms with E-state index in [4.69, 9.17) is 23.2 Å². The molecule has 36 heavy (non-hydrogen) atoms. The molecule has 0 heterocycles. The summed E-state index contributed by atoms with van der Waals surface area (Å²) in [5, 5.41) is 2.77. The maximum atomic E-state index is 12.7. The van der Waals surface area contributed by atoms with Crippen LogP contribution >= 0.6 is 23.2 Å². The number of anilines is 3. The molecule has 0 aromatic heterocycles. The summed E-state index contributed by atoms with van der Waals surface area (Å²) in [6, 6.07) is 15.7. The number of Topliss-reactive ketones (excluding diaryl/α,β-unsaturated/α-hetero) is 1. The van der Waals surface area contributed by atoms with Crippen LogP contribution < -0.4 is 14.3 Å². The number of carbonyl (C=O) groups excluding carboxylic acids is 2. The summed E-state index contributed by atoms with van der Waals surface area (Å²) < 4.78 is 53.2. The highest BCUT2D eigenvalue weighted by Crippen LogP contribution is 2.31. The summed E-state index contributed by atoms with van der Waals surface area (Å²) >= 11 is 12.0. The predicted molar refractivity (Wildman–Crippen MR) is 141 cm³/mol. The van der Waals surface area contributed by atoms with E-state index in [1.165, 1.54) is 67.6 Å². The van der Waals surface area contributed by atoms with Crippen LogP contribution in [0.3, 0.4) is 0 Å². The first-order valence-electron chi connectivity index (χ1n) is 10.2. The van der Waals surface area contributed by atoms with Gasteiger partial charge in [0.05, 0.1) is 32.6 Å². The van der Waals surface area contributed by atoms with Crippen molar-refractivity contribution in [1.29, 1.82) is 0 Å². The quantitative estimate of drug-likeness (QED) is 0.367. The topological polar surface area (TPSA) is 130 Å². The molecule has 0 fully saturated rings. The van der Waals surface area contributed by atoms with Gasteiger partial charge in [0.25, 0.3) is 10.0 Å². The number of nitrogens with one attached hydrogen (secondary N) is 2. The van der Waals surface area contributed by atoms with Crippen LogP contribution in [-0.4, -0.2) is 41.3 Å². The fourth-order valence-corrected chi connectivity index (χ4v) is 5.44. The molecule has 1 amide bonds. The molecule has 3 aromatic rings. The van der Waals surface area contributed by atoms with Gasteiger partial charge < -0.3 is 5.32 Å². The predicted octanol–water partition coefficient (Wildman–Crippen LogP) is 4.40. The highest BCUT2D eigenvalue weighted by atomic mass is 35.5. The number of hydrogen-bond acceptors (Lipinski definition) is 6. The van der Waals surface area contributed by atoms with Crippen molar-refractivity contribution in [2.75, 3.05) is 27.1 Å². The Morgan fingerprint density at radius 2 is 1.56 bits per heavy atom. The molecular formula is C23H21Cl2N3O6S2. The number of hydrogen-bond donors (Lipinski definition) is 2. The normalized spacial score (nSPS) is 11.6. The van der Waals surface area contributed by atoms with Crippen LogP contribution in [0.4, 0.5) is 17.1 Å². The second-order valence-corrected chi connectivity index (χ2v) is 12.0. The van der Waals surface area contributed by atoms with Gasteiger partial charge in [-0.15, -0.1) is 0 Å². The van der Waals surface area contributed by atoms with Crippen molar-refractivity contribution in [3.05, 3.63) is 82.3 Å². The lowest BCUT2D eigenvalue weighted by Crippen LogP contribution is -2.37.